The lowest BCUT2D eigenvalue weighted by molar-refractivity contribution is -0.0106. The van der Waals surface area contributed by atoms with Gasteiger partial charge in [-0.05, 0) is 34.9 Å². The highest BCUT2D eigenvalue weighted by molar-refractivity contribution is 6.00. The maximum Gasteiger partial charge on any atom is 0.338 e. The molecule has 0 aromatic heterocycles. The van der Waals surface area contributed by atoms with Crippen LogP contribution in [-0.4, -0.2) is 176 Å². The number of esters is 3. The number of rotatable bonds is 45. The van der Waals surface area contributed by atoms with Crippen molar-refractivity contribution in [2.24, 2.45) is 0 Å². The molecule has 0 radical (unpaired) electrons. The van der Waals surface area contributed by atoms with Crippen molar-refractivity contribution >= 4 is 17.9 Å². The average molecular weight is 1010 g/mol. The summed E-state index contributed by atoms with van der Waals surface area (Å²) < 4.78 is 82.6. The van der Waals surface area contributed by atoms with Gasteiger partial charge in [0.25, 0.3) is 0 Å². The Morgan fingerprint density at radius 3 is 0.625 bits per heavy atom. The normalized spacial score (nSPS) is 11.2. The molecule has 72 heavy (non-hydrogen) atoms. The maximum atomic E-state index is 13.1. The van der Waals surface area contributed by atoms with Crippen molar-refractivity contribution in [2.45, 2.75) is 19.8 Å². The van der Waals surface area contributed by atoms with Gasteiger partial charge in [-0.2, -0.15) is 0 Å². The predicted octanol–water partition coefficient (Wildman–Crippen LogP) is 5.96. The van der Waals surface area contributed by atoms with E-state index in [0.29, 0.717) is 119 Å². The largest absolute Gasteiger partial charge is 0.460 e. The van der Waals surface area contributed by atoms with Gasteiger partial charge in [-0.3, -0.25) is 0 Å². The minimum Gasteiger partial charge on any atom is -0.460 e. The van der Waals surface area contributed by atoms with Gasteiger partial charge >= 0.3 is 17.9 Å². The Hall–Kier alpha value is -5.19. The van der Waals surface area contributed by atoms with Crippen molar-refractivity contribution in [3.63, 3.8) is 0 Å². The molecule has 0 saturated carbocycles. The lowest BCUT2D eigenvalue weighted by Crippen LogP contribution is -2.18. The number of hydrogen-bond acceptors (Lipinski definition) is 18. The van der Waals surface area contributed by atoms with Gasteiger partial charge in [0.05, 0.1) is 175 Å². The summed E-state index contributed by atoms with van der Waals surface area (Å²) in [6.45, 7) is 8.59. The minimum atomic E-state index is -0.779. The summed E-state index contributed by atoms with van der Waals surface area (Å²) in [5.74, 6) is -2.34. The highest BCUT2D eigenvalue weighted by Crippen LogP contribution is 2.15. The van der Waals surface area contributed by atoms with Gasteiger partial charge < -0.3 is 71.1 Å². The van der Waals surface area contributed by atoms with E-state index < -0.39 is 17.9 Å². The standard InChI is InChI=1S/C54H72O18/c55-52(70-37-34-64-25-22-58-16-19-61-28-31-67-43-46-10-4-1-5-11-46)49-40-50(53(56)71-38-35-65-26-23-59-17-20-62-29-32-68-44-47-12-6-2-7-13-47)42-51(41-49)54(57)72-39-36-66-27-24-60-18-21-63-30-33-69-45-48-14-8-3-9-15-48/h1-15,40-42H,16-39,43-45H2. The van der Waals surface area contributed by atoms with Crippen LogP contribution in [0.5, 0.6) is 0 Å². The van der Waals surface area contributed by atoms with Crippen LogP contribution in [0.4, 0.5) is 0 Å². The number of carbonyl (C=O) groups excluding carboxylic acids is 3. The van der Waals surface area contributed by atoms with E-state index in [4.69, 9.17) is 71.1 Å². The molecule has 0 aliphatic carbocycles. The highest BCUT2D eigenvalue weighted by Gasteiger charge is 2.19. The van der Waals surface area contributed by atoms with Crippen LogP contribution in [-0.2, 0) is 90.9 Å². The van der Waals surface area contributed by atoms with E-state index in [0.717, 1.165) is 16.7 Å². The molecule has 4 aromatic carbocycles. The minimum absolute atomic E-state index is 0.0561. The molecule has 0 bridgehead atoms. The van der Waals surface area contributed by atoms with Gasteiger partial charge in [0.2, 0.25) is 0 Å². The molecule has 18 heteroatoms. The van der Waals surface area contributed by atoms with Crippen molar-refractivity contribution in [1.29, 1.82) is 0 Å². The first-order chi connectivity index (χ1) is 35.6. The summed E-state index contributed by atoms with van der Waals surface area (Å²) in [4.78, 5) is 39.4. The van der Waals surface area contributed by atoms with Gasteiger partial charge in [-0.25, -0.2) is 14.4 Å². The zero-order valence-electron chi connectivity index (χ0n) is 41.3. The van der Waals surface area contributed by atoms with Crippen molar-refractivity contribution in [3.8, 4) is 0 Å². The topological polar surface area (TPSA) is 190 Å². The monoisotopic (exact) mass is 1010 g/mol. The van der Waals surface area contributed by atoms with Gasteiger partial charge in [-0.1, -0.05) is 91.0 Å². The zero-order valence-corrected chi connectivity index (χ0v) is 41.3. The summed E-state index contributed by atoms with van der Waals surface area (Å²) in [5.41, 5.74) is 3.15. The third-order valence-electron chi connectivity index (χ3n) is 9.71. The summed E-state index contributed by atoms with van der Waals surface area (Å²) in [6.07, 6.45) is 0. The molecule has 0 atom stereocenters. The first-order valence-corrected chi connectivity index (χ1v) is 24.3. The number of hydrogen-bond donors (Lipinski definition) is 0. The third-order valence-corrected chi connectivity index (χ3v) is 9.71. The van der Waals surface area contributed by atoms with E-state index in [2.05, 4.69) is 0 Å². The third kappa shape index (κ3) is 30.0. The zero-order chi connectivity index (χ0) is 50.6. The molecule has 0 fully saturated rings. The van der Waals surface area contributed by atoms with Crippen molar-refractivity contribution < 1.29 is 85.4 Å². The van der Waals surface area contributed by atoms with Crippen molar-refractivity contribution in [3.05, 3.63) is 143 Å². The Labute approximate surface area is 423 Å². The summed E-state index contributed by atoms with van der Waals surface area (Å²) in [7, 11) is 0. The fourth-order valence-electron chi connectivity index (χ4n) is 6.08. The van der Waals surface area contributed by atoms with Crippen LogP contribution >= 0.6 is 0 Å². The molecular formula is C54H72O18. The highest BCUT2D eigenvalue weighted by atomic mass is 16.6. The lowest BCUT2D eigenvalue weighted by atomic mass is 10.1. The fraction of sp³-hybridized carbons (Fsp3) is 0.500. The van der Waals surface area contributed by atoms with Gasteiger partial charge in [0.15, 0.2) is 0 Å². The molecule has 4 rings (SSSR count). The first kappa shape index (κ1) is 59.4. The number of ether oxygens (including phenoxy) is 15. The Morgan fingerprint density at radius 2 is 0.417 bits per heavy atom. The number of benzene rings is 4. The van der Waals surface area contributed by atoms with E-state index >= 15 is 0 Å². The Kier molecular flexibility index (Phi) is 34.1. The van der Waals surface area contributed by atoms with Crippen LogP contribution in [0, 0.1) is 0 Å². The molecule has 0 amide bonds. The quantitative estimate of drug-likeness (QED) is 0.0286. The Balaban J connectivity index is 1.07. The molecule has 0 aliphatic heterocycles. The Bertz CT molecular complexity index is 1720. The molecule has 0 spiro atoms. The van der Waals surface area contributed by atoms with Crippen LogP contribution in [0.3, 0.4) is 0 Å². The van der Waals surface area contributed by atoms with E-state index in [1.54, 1.807) is 0 Å². The smallest absolute Gasteiger partial charge is 0.338 e. The molecule has 396 valence electrons. The first-order valence-electron chi connectivity index (χ1n) is 24.3. The van der Waals surface area contributed by atoms with Gasteiger partial charge in [-0.15, -0.1) is 0 Å². The van der Waals surface area contributed by atoms with Crippen LogP contribution < -0.4 is 0 Å². The van der Waals surface area contributed by atoms with E-state index in [9.17, 15) is 14.4 Å². The molecule has 0 N–H and O–H groups in total. The van der Waals surface area contributed by atoms with Crippen LogP contribution in [0.2, 0.25) is 0 Å². The van der Waals surface area contributed by atoms with Gasteiger partial charge in [0, 0.05) is 0 Å². The van der Waals surface area contributed by atoms with Gasteiger partial charge in [0.1, 0.15) is 19.8 Å². The SMILES string of the molecule is O=C(OCCOCCOCCOCCOCc1ccccc1)c1cc(C(=O)OCCOCCOCCOCCOCc2ccccc2)cc(C(=O)OCCOCCOCCOCCOCc2ccccc2)c1. The Morgan fingerprint density at radius 1 is 0.236 bits per heavy atom. The van der Waals surface area contributed by atoms with Crippen LogP contribution in [0.1, 0.15) is 47.8 Å². The van der Waals surface area contributed by atoms with E-state index in [1.807, 2.05) is 91.0 Å². The molecule has 0 heterocycles. The van der Waals surface area contributed by atoms with E-state index in [1.165, 1.54) is 18.2 Å². The average Bonchev–Trinajstić information content (AvgIpc) is 3.41. The van der Waals surface area contributed by atoms with E-state index in [-0.39, 0.29) is 76.2 Å². The summed E-state index contributed by atoms with van der Waals surface area (Å²) in [5, 5.41) is 0. The predicted molar refractivity (Wildman–Crippen MR) is 263 cm³/mol. The number of carbonyl (C=O) groups is 3. The molecular weight excluding hydrogens is 937 g/mol. The molecule has 0 saturated heterocycles. The molecule has 0 aliphatic rings. The summed E-state index contributed by atoms with van der Waals surface area (Å²) >= 11 is 0. The second kappa shape index (κ2) is 41.3. The van der Waals surface area contributed by atoms with Crippen LogP contribution in [0.15, 0.2) is 109 Å². The van der Waals surface area contributed by atoms with Crippen LogP contribution in [0.25, 0.3) is 0 Å². The van der Waals surface area contributed by atoms with Crippen molar-refractivity contribution in [2.75, 3.05) is 159 Å². The second-order valence-electron chi connectivity index (χ2n) is 15.3. The second-order valence-corrected chi connectivity index (χ2v) is 15.3. The molecule has 0 unspecified atom stereocenters. The van der Waals surface area contributed by atoms with Crippen molar-refractivity contribution in [1.82, 2.24) is 0 Å². The summed E-state index contributed by atoms with van der Waals surface area (Å²) in [6, 6.07) is 33.6. The fourth-order valence-corrected chi connectivity index (χ4v) is 6.08. The lowest BCUT2D eigenvalue weighted by Gasteiger charge is -2.11. The molecule has 18 nitrogen and oxygen atoms in total. The maximum absolute atomic E-state index is 13.1. The molecule has 4 aromatic rings.